The Labute approximate surface area is 140 Å². The highest BCUT2D eigenvalue weighted by molar-refractivity contribution is 7.09. The van der Waals surface area contributed by atoms with Crippen LogP contribution in [-0.4, -0.2) is 51.8 Å². The van der Waals surface area contributed by atoms with Gasteiger partial charge < -0.3 is 15.5 Å². The summed E-state index contributed by atoms with van der Waals surface area (Å²) in [6, 6.07) is -0.410. The van der Waals surface area contributed by atoms with E-state index >= 15 is 0 Å². The molecule has 2 aliphatic heterocycles. The van der Waals surface area contributed by atoms with Crippen molar-refractivity contribution in [1.82, 2.24) is 14.8 Å². The lowest BCUT2D eigenvalue weighted by Gasteiger charge is -2.41. The summed E-state index contributed by atoms with van der Waals surface area (Å²) in [4.78, 5) is 33.3. The van der Waals surface area contributed by atoms with Gasteiger partial charge in [-0.2, -0.15) is 0 Å². The van der Waals surface area contributed by atoms with E-state index in [0.29, 0.717) is 12.2 Å². The average Bonchev–Trinajstić information content (AvgIpc) is 3.18. The number of hydrogen-bond donors (Lipinski definition) is 1. The third-order valence-corrected chi connectivity index (χ3v) is 5.84. The molecule has 23 heavy (non-hydrogen) atoms. The van der Waals surface area contributed by atoms with E-state index in [9.17, 15) is 9.59 Å². The number of amides is 2. The largest absolute Gasteiger partial charge is 0.336 e. The van der Waals surface area contributed by atoms with Crippen molar-refractivity contribution in [1.29, 1.82) is 0 Å². The molecule has 0 radical (unpaired) electrons. The number of aromatic nitrogens is 1. The van der Waals surface area contributed by atoms with Crippen LogP contribution in [0.4, 0.5) is 0 Å². The maximum atomic E-state index is 12.8. The highest BCUT2D eigenvalue weighted by atomic mass is 32.1. The molecule has 2 fully saturated rings. The maximum absolute atomic E-state index is 12.8. The molecular formula is C16H24N4O2S. The Hall–Kier alpha value is -1.47. The second kappa shape index (κ2) is 6.20. The van der Waals surface area contributed by atoms with E-state index in [1.54, 1.807) is 10.3 Å². The molecular weight excluding hydrogens is 312 g/mol. The highest BCUT2D eigenvalue weighted by Gasteiger charge is 2.42. The minimum atomic E-state index is -0.416. The molecule has 1 aromatic heterocycles. The average molecular weight is 336 g/mol. The molecule has 126 valence electrons. The van der Waals surface area contributed by atoms with Gasteiger partial charge in [-0.3, -0.25) is 9.59 Å². The Morgan fingerprint density at radius 3 is 2.91 bits per heavy atom. The van der Waals surface area contributed by atoms with Crippen LogP contribution in [0.5, 0.6) is 0 Å². The van der Waals surface area contributed by atoms with Gasteiger partial charge >= 0.3 is 0 Å². The van der Waals surface area contributed by atoms with E-state index in [1.807, 2.05) is 25.7 Å². The van der Waals surface area contributed by atoms with Gasteiger partial charge in [0.05, 0.1) is 6.04 Å². The molecule has 0 spiro atoms. The number of rotatable bonds is 3. The van der Waals surface area contributed by atoms with Gasteiger partial charge in [0.1, 0.15) is 16.7 Å². The Balaban J connectivity index is 1.78. The van der Waals surface area contributed by atoms with Crippen LogP contribution in [0, 0.1) is 5.92 Å². The SMILES string of the molecule is CC(C)[C@H](N)c1nc(C(=O)N2C[C@@H]3CCCN3C(=O)[C@@H]2C)cs1. The molecule has 7 heteroatoms. The normalized spacial score (nSPS) is 25.9. The van der Waals surface area contributed by atoms with Gasteiger partial charge in [-0.25, -0.2) is 4.98 Å². The van der Waals surface area contributed by atoms with E-state index in [1.165, 1.54) is 11.3 Å². The van der Waals surface area contributed by atoms with Gasteiger partial charge in [-0.15, -0.1) is 11.3 Å². The molecule has 2 amide bonds. The summed E-state index contributed by atoms with van der Waals surface area (Å²) in [7, 11) is 0. The number of carbonyl (C=O) groups is 2. The lowest BCUT2D eigenvalue weighted by Crippen LogP contribution is -2.60. The molecule has 2 N–H and O–H groups in total. The summed E-state index contributed by atoms with van der Waals surface area (Å²) >= 11 is 1.42. The summed E-state index contributed by atoms with van der Waals surface area (Å²) in [6.45, 7) is 7.30. The van der Waals surface area contributed by atoms with Crippen LogP contribution in [0.25, 0.3) is 0 Å². The van der Waals surface area contributed by atoms with Crippen molar-refractivity contribution in [3.63, 3.8) is 0 Å². The topological polar surface area (TPSA) is 79.5 Å². The van der Waals surface area contributed by atoms with Gasteiger partial charge in [0, 0.05) is 24.5 Å². The number of piperazine rings is 1. The third kappa shape index (κ3) is 2.87. The summed E-state index contributed by atoms with van der Waals surface area (Å²) in [5.74, 6) is 0.170. The van der Waals surface area contributed by atoms with E-state index in [-0.39, 0.29) is 29.8 Å². The molecule has 0 aliphatic carbocycles. The minimum Gasteiger partial charge on any atom is -0.336 e. The van der Waals surface area contributed by atoms with Crippen molar-refractivity contribution in [2.24, 2.45) is 11.7 Å². The van der Waals surface area contributed by atoms with Gasteiger partial charge in [0.2, 0.25) is 5.91 Å². The molecule has 3 atom stereocenters. The van der Waals surface area contributed by atoms with Crippen LogP contribution >= 0.6 is 11.3 Å². The molecule has 3 rings (SSSR count). The zero-order valence-electron chi connectivity index (χ0n) is 13.9. The lowest BCUT2D eigenvalue weighted by molar-refractivity contribution is -0.141. The fourth-order valence-electron chi connectivity index (χ4n) is 3.30. The highest BCUT2D eigenvalue weighted by Crippen LogP contribution is 2.28. The Morgan fingerprint density at radius 2 is 2.22 bits per heavy atom. The van der Waals surface area contributed by atoms with Crippen molar-refractivity contribution in [3.05, 3.63) is 16.1 Å². The van der Waals surface area contributed by atoms with Gasteiger partial charge in [-0.05, 0) is 25.7 Å². The predicted octanol–water partition coefficient (Wildman–Crippen LogP) is 1.63. The number of fused-ring (bicyclic) bond motifs is 1. The Morgan fingerprint density at radius 1 is 1.48 bits per heavy atom. The van der Waals surface area contributed by atoms with Gasteiger partial charge in [-0.1, -0.05) is 13.8 Å². The molecule has 2 saturated heterocycles. The first-order valence-electron chi connectivity index (χ1n) is 8.22. The lowest BCUT2D eigenvalue weighted by atomic mass is 10.1. The van der Waals surface area contributed by atoms with Crippen LogP contribution in [0.15, 0.2) is 5.38 Å². The van der Waals surface area contributed by atoms with Gasteiger partial charge in [0.25, 0.3) is 5.91 Å². The molecule has 0 unspecified atom stereocenters. The first-order chi connectivity index (χ1) is 10.9. The standard InChI is InChI=1S/C16H24N4O2S/c1-9(2)13(17)14-18-12(8-23-14)16(22)20-7-11-5-4-6-19(11)15(21)10(20)3/h8-11,13H,4-7,17H2,1-3H3/t10-,11-,13-/m0/s1. The van der Waals surface area contributed by atoms with Gasteiger partial charge in [0.15, 0.2) is 0 Å². The first kappa shape index (κ1) is 16.4. The summed E-state index contributed by atoms with van der Waals surface area (Å²) in [6.07, 6.45) is 2.00. The van der Waals surface area contributed by atoms with Crippen LogP contribution in [0.3, 0.4) is 0 Å². The van der Waals surface area contributed by atoms with E-state index < -0.39 is 6.04 Å². The predicted molar refractivity (Wildman–Crippen MR) is 89.1 cm³/mol. The number of carbonyl (C=O) groups excluding carboxylic acids is 2. The summed E-state index contributed by atoms with van der Waals surface area (Å²) in [5.41, 5.74) is 6.52. The smallest absolute Gasteiger partial charge is 0.274 e. The van der Waals surface area contributed by atoms with Crippen molar-refractivity contribution >= 4 is 23.2 Å². The Bertz CT molecular complexity index is 615. The molecule has 1 aromatic rings. The maximum Gasteiger partial charge on any atom is 0.274 e. The van der Waals surface area contributed by atoms with E-state index in [4.69, 9.17) is 5.73 Å². The van der Waals surface area contributed by atoms with Crippen LogP contribution in [0.2, 0.25) is 0 Å². The molecule has 0 saturated carbocycles. The number of nitrogens with two attached hydrogens (primary N) is 1. The van der Waals surface area contributed by atoms with Crippen molar-refractivity contribution in [3.8, 4) is 0 Å². The van der Waals surface area contributed by atoms with Crippen molar-refractivity contribution in [2.75, 3.05) is 13.1 Å². The van der Waals surface area contributed by atoms with Crippen LogP contribution < -0.4 is 5.73 Å². The molecule has 0 bridgehead atoms. The van der Waals surface area contributed by atoms with E-state index in [2.05, 4.69) is 4.98 Å². The zero-order valence-corrected chi connectivity index (χ0v) is 14.7. The van der Waals surface area contributed by atoms with Crippen LogP contribution in [-0.2, 0) is 4.79 Å². The molecule has 3 heterocycles. The fourth-order valence-corrected chi connectivity index (χ4v) is 4.27. The van der Waals surface area contributed by atoms with Crippen molar-refractivity contribution in [2.45, 2.75) is 51.7 Å². The fraction of sp³-hybridized carbons (Fsp3) is 0.688. The van der Waals surface area contributed by atoms with Crippen LogP contribution in [0.1, 0.15) is 55.2 Å². The quantitative estimate of drug-likeness (QED) is 0.910. The first-order valence-corrected chi connectivity index (χ1v) is 9.10. The minimum absolute atomic E-state index is 0.0569. The summed E-state index contributed by atoms with van der Waals surface area (Å²) < 4.78 is 0. The number of hydrogen-bond acceptors (Lipinski definition) is 5. The van der Waals surface area contributed by atoms with E-state index in [0.717, 1.165) is 24.4 Å². The number of thiazole rings is 1. The third-order valence-electron chi connectivity index (χ3n) is 4.90. The number of nitrogens with zero attached hydrogens (tertiary/aromatic N) is 3. The Kier molecular flexibility index (Phi) is 4.42. The summed E-state index contributed by atoms with van der Waals surface area (Å²) in [5, 5.41) is 2.54. The molecule has 2 aliphatic rings. The second-order valence-electron chi connectivity index (χ2n) is 6.80. The second-order valence-corrected chi connectivity index (χ2v) is 7.69. The molecule has 6 nitrogen and oxygen atoms in total. The molecule has 0 aromatic carbocycles. The van der Waals surface area contributed by atoms with Crippen molar-refractivity contribution < 1.29 is 9.59 Å². The zero-order chi connectivity index (χ0) is 16.7. The monoisotopic (exact) mass is 336 g/mol.